The number of carbonyl (C=O) groups excluding carboxylic acids is 1. The van der Waals surface area contributed by atoms with Gasteiger partial charge in [-0.05, 0) is 18.4 Å². The number of aryl methyl sites for hydroxylation is 1. The number of aromatic nitrogens is 3. The molecule has 3 heterocycles. The molecular formula is C21H29N5O2. The molecule has 0 bridgehead atoms. The van der Waals surface area contributed by atoms with Crippen molar-refractivity contribution in [1.29, 1.82) is 0 Å². The second-order valence-electron chi connectivity index (χ2n) is 8.11. The van der Waals surface area contributed by atoms with E-state index in [9.17, 15) is 4.79 Å². The van der Waals surface area contributed by atoms with Gasteiger partial charge in [0, 0.05) is 24.8 Å². The van der Waals surface area contributed by atoms with Crippen LogP contribution in [0.4, 0.5) is 4.79 Å². The summed E-state index contributed by atoms with van der Waals surface area (Å²) in [6.07, 6.45) is 2.74. The first-order valence-electron chi connectivity index (χ1n) is 10.2. The molecule has 28 heavy (non-hydrogen) atoms. The summed E-state index contributed by atoms with van der Waals surface area (Å²) in [5.74, 6) is 2.63. The fourth-order valence-corrected chi connectivity index (χ4v) is 3.94. The van der Waals surface area contributed by atoms with Gasteiger partial charge in [-0.15, -0.1) is 0 Å². The largest absolute Gasteiger partial charge is 0.376 e. The van der Waals surface area contributed by atoms with Crippen molar-refractivity contribution in [2.45, 2.75) is 63.6 Å². The number of rotatable bonds is 5. The molecule has 2 amide bonds. The molecule has 2 aromatic rings. The van der Waals surface area contributed by atoms with E-state index < -0.39 is 0 Å². The van der Waals surface area contributed by atoms with Crippen LogP contribution in [0.3, 0.4) is 0 Å². The van der Waals surface area contributed by atoms with Crippen LogP contribution in [0.5, 0.6) is 0 Å². The topological polar surface area (TPSA) is 81.1 Å². The van der Waals surface area contributed by atoms with Crippen molar-refractivity contribution in [3.05, 3.63) is 47.5 Å². The number of carbonyl (C=O) groups is 1. The molecule has 3 atom stereocenters. The molecule has 4 rings (SSSR count). The van der Waals surface area contributed by atoms with E-state index >= 15 is 0 Å². The van der Waals surface area contributed by atoms with Crippen molar-refractivity contribution >= 4 is 6.03 Å². The van der Waals surface area contributed by atoms with Crippen LogP contribution in [0, 0.1) is 0 Å². The molecular weight excluding hydrogens is 354 g/mol. The Labute approximate surface area is 165 Å². The quantitative estimate of drug-likeness (QED) is 0.832. The van der Waals surface area contributed by atoms with Gasteiger partial charge in [0.05, 0.1) is 25.3 Å². The molecule has 7 heteroatoms. The Morgan fingerprint density at radius 3 is 2.93 bits per heavy atom. The van der Waals surface area contributed by atoms with Crippen molar-refractivity contribution in [2.75, 3.05) is 13.2 Å². The van der Waals surface area contributed by atoms with Crippen molar-refractivity contribution in [2.24, 2.45) is 0 Å². The highest BCUT2D eigenvalue weighted by Gasteiger charge is 2.28. The fraction of sp³-hybridized carbons (Fsp3) is 0.571. The van der Waals surface area contributed by atoms with Crippen LogP contribution < -0.4 is 10.6 Å². The number of nitrogens with one attached hydrogen (secondary N) is 2. The Morgan fingerprint density at radius 2 is 2.14 bits per heavy atom. The predicted octanol–water partition coefficient (Wildman–Crippen LogP) is 2.59. The Hall–Kier alpha value is -2.41. The lowest BCUT2D eigenvalue weighted by Crippen LogP contribution is -2.47. The monoisotopic (exact) mass is 383 g/mol. The number of amides is 2. The SMILES string of the molecule is CC(C)c1nc2n(n1)CC(NC(=O)NC[C@@H]1C[C@H](c3ccccc3)CO1)CC2. The maximum atomic E-state index is 12.3. The smallest absolute Gasteiger partial charge is 0.315 e. The molecule has 2 aliphatic heterocycles. The number of benzene rings is 1. The minimum atomic E-state index is -0.135. The Morgan fingerprint density at radius 1 is 1.32 bits per heavy atom. The average Bonchev–Trinajstić information content (AvgIpc) is 3.34. The van der Waals surface area contributed by atoms with Crippen molar-refractivity contribution in [1.82, 2.24) is 25.4 Å². The zero-order valence-corrected chi connectivity index (χ0v) is 16.6. The van der Waals surface area contributed by atoms with Gasteiger partial charge in [0.15, 0.2) is 5.82 Å². The molecule has 0 aliphatic carbocycles. The van der Waals surface area contributed by atoms with Gasteiger partial charge in [0.1, 0.15) is 5.82 Å². The molecule has 0 spiro atoms. The predicted molar refractivity (Wildman–Crippen MR) is 106 cm³/mol. The minimum Gasteiger partial charge on any atom is -0.376 e. The van der Waals surface area contributed by atoms with Crippen LogP contribution in [-0.4, -0.2) is 46.1 Å². The van der Waals surface area contributed by atoms with Gasteiger partial charge in [-0.25, -0.2) is 14.5 Å². The van der Waals surface area contributed by atoms with Crippen LogP contribution in [-0.2, 0) is 17.7 Å². The van der Waals surface area contributed by atoms with Gasteiger partial charge in [-0.1, -0.05) is 44.2 Å². The van der Waals surface area contributed by atoms with Gasteiger partial charge in [0.2, 0.25) is 0 Å². The second kappa shape index (κ2) is 8.31. The van der Waals surface area contributed by atoms with Crippen molar-refractivity contribution < 1.29 is 9.53 Å². The minimum absolute atomic E-state index is 0.0674. The third kappa shape index (κ3) is 4.35. The van der Waals surface area contributed by atoms with E-state index in [1.165, 1.54) is 5.56 Å². The summed E-state index contributed by atoms with van der Waals surface area (Å²) in [7, 11) is 0. The lowest BCUT2D eigenvalue weighted by Gasteiger charge is -2.24. The lowest BCUT2D eigenvalue weighted by atomic mass is 9.96. The Kier molecular flexibility index (Phi) is 5.62. The maximum Gasteiger partial charge on any atom is 0.315 e. The normalized spacial score (nSPS) is 24.2. The molecule has 1 fully saturated rings. The number of nitrogens with zero attached hydrogens (tertiary/aromatic N) is 3. The van der Waals surface area contributed by atoms with E-state index in [1.807, 2.05) is 10.7 Å². The van der Waals surface area contributed by atoms with E-state index in [0.717, 1.165) is 30.9 Å². The van der Waals surface area contributed by atoms with E-state index in [2.05, 4.69) is 58.8 Å². The van der Waals surface area contributed by atoms with Crippen LogP contribution in [0.25, 0.3) is 0 Å². The van der Waals surface area contributed by atoms with Crippen LogP contribution in [0.2, 0.25) is 0 Å². The second-order valence-corrected chi connectivity index (χ2v) is 8.11. The van der Waals surface area contributed by atoms with Gasteiger partial charge in [0.25, 0.3) is 0 Å². The molecule has 7 nitrogen and oxygen atoms in total. The molecule has 1 aromatic heterocycles. The first-order chi connectivity index (χ1) is 13.6. The molecule has 1 aromatic carbocycles. The summed E-state index contributed by atoms with van der Waals surface area (Å²) in [5, 5.41) is 10.6. The summed E-state index contributed by atoms with van der Waals surface area (Å²) in [6.45, 7) is 6.12. The molecule has 0 saturated carbocycles. The summed E-state index contributed by atoms with van der Waals surface area (Å²) in [5.41, 5.74) is 1.31. The maximum absolute atomic E-state index is 12.3. The highest BCUT2D eigenvalue weighted by atomic mass is 16.5. The number of urea groups is 1. The Balaban J connectivity index is 1.22. The van der Waals surface area contributed by atoms with Gasteiger partial charge >= 0.3 is 6.03 Å². The molecule has 2 N–H and O–H groups in total. The fourth-order valence-electron chi connectivity index (χ4n) is 3.94. The molecule has 1 unspecified atom stereocenters. The third-order valence-corrected chi connectivity index (χ3v) is 5.57. The van der Waals surface area contributed by atoms with Crippen LogP contribution in [0.1, 0.15) is 55.7 Å². The number of ether oxygens (including phenoxy) is 1. The first-order valence-corrected chi connectivity index (χ1v) is 10.2. The lowest BCUT2D eigenvalue weighted by molar-refractivity contribution is 0.109. The van der Waals surface area contributed by atoms with E-state index in [0.29, 0.717) is 31.5 Å². The number of fused-ring (bicyclic) bond motifs is 1. The summed E-state index contributed by atoms with van der Waals surface area (Å²) in [4.78, 5) is 16.9. The molecule has 0 radical (unpaired) electrons. The highest BCUT2D eigenvalue weighted by molar-refractivity contribution is 5.74. The van der Waals surface area contributed by atoms with Gasteiger partial charge in [-0.3, -0.25) is 0 Å². The summed E-state index contributed by atoms with van der Waals surface area (Å²) in [6, 6.07) is 10.4. The molecule has 150 valence electrons. The number of hydrogen-bond acceptors (Lipinski definition) is 4. The van der Waals surface area contributed by atoms with E-state index in [-0.39, 0.29) is 18.2 Å². The van der Waals surface area contributed by atoms with Gasteiger partial charge < -0.3 is 15.4 Å². The standard InChI is InChI=1S/C21H29N5O2/c1-14(2)20-24-19-9-8-17(12-26(19)25-20)23-21(27)22-11-18-10-16(13-28-18)15-6-4-3-5-7-15/h3-7,14,16-18H,8-13H2,1-2H3,(H2,22,23,27)/t16-,17?,18-/m0/s1. The van der Waals surface area contributed by atoms with Crippen molar-refractivity contribution in [3.8, 4) is 0 Å². The van der Waals surface area contributed by atoms with Crippen LogP contribution in [0.15, 0.2) is 30.3 Å². The molecule has 1 saturated heterocycles. The number of hydrogen-bond donors (Lipinski definition) is 2. The zero-order valence-electron chi connectivity index (χ0n) is 16.6. The van der Waals surface area contributed by atoms with Gasteiger partial charge in [-0.2, -0.15) is 5.10 Å². The van der Waals surface area contributed by atoms with Crippen LogP contribution >= 0.6 is 0 Å². The summed E-state index contributed by atoms with van der Waals surface area (Å²) < 4.78 is 7.81. The van der Waals surface area contributed by atoms with E-state index in [4.69, 9.17) is 4.74 Å². The summed E-state index contributed by atoms with van der Waals surface area (Å²) >= 11 is 0. The third-order valence-electron chi connectivity index (χ3n) is 5.57. The zero-order chi connectivity index (χ0) is 19.5. The average molecular weight is 383 g/mol. The van der Waals surface area contributed by atoms with Crippen molar-refractivity contribution in [3.63, 3.8) is 0 Å². The van der Waals surface area contributed by atoms with E-state index in [1.54, 1.807) is 0 Å². The highest BCUT2D eigenvalue weighted by Crippen LogP contribution is 2.28. The Bertz CT molecular complexity index is 804. The first kappa shape index (κ1) is 18.9. The molecule has 2 aliphatic rings.